The summed E-state index contributed by atoms with van der Waals surface area (Å²) in [5, 5.41) is 13.9. The van der Waals surface area contributed by atoms with E-state index in [2.05, 4.69) is 103 Å². The molecule has 8 heteroatoms. The van der Waals surface area contributed by atoms with Crippen LogP contribution in [0.15, 0.2) is 48.6 Å². The van der Waals surface area contributed by atoms with Gasteiger partial charge in [0.25, 0.3) is 0 Å². The number of rotatable bonds is 9. The number of fused-ring (bicyclic) bond motifs is 1. The van der Waals surface area contributed by atoms with Gasteiger partial charge < -0.3 is 32.3 Å². The Morgan fingerprint density at radius 3 is 2.11 bits per heavy atom. The first-order valence-electron chi connectivity index (χ1n) is 16.5. The minimum Gasteiger partial charge on any atom is -0.381 e. The summed E-state index contributed by atoms with van der Waals surface area (Å²) < 4.78 is 5.56. The minimum atomic E-state index is 0.347. The Balaban J connectivity index is -0.000000238. The van der Waals surface area contributed by atoms with Gasteiger partial charge in [-0.2, -0.15) is 0 Å². The molecule has 0 heterocycles. The fourth-order valence-electron chi connectivity index (χ4n) is 4.56. The van der Waals surface area contributed by atoms with Gasteiger partial charge in [0.2, 0.25) is 0 Å². The Kier molecular flexibility index (Phi) is 39.5. The van der Waals surface area contributed by atoms with Crippen LogP contribution in [0.3, 0.4) is 0 Å². The summed E-state index contributed by atoms with van der Waals surface area (Å²) in [6.45, 7) is 28.9. The molecule has 0 spiro atoms. The maximum atomic E-state index is 5.56. The number of likely N-dealkylation sites (N-methyl/N-ethyl adjacent to an activating group) is 1. The van der Waals surface area contributed by atoms with Crippen LogP contribution in [-0.2, 0) is 4.74 Å². The lowest BCUT2D eigenvalue weighted by Gasteiger charge is -2.35. The quantitative estimate of drug-likeness (QED) is 0.0470. The molecule has 0 bridgehead atoms. The number of hydrogen-bond donors (Lipinski definition) is 7. The zero-order valence-corrected chi connectivity index (χ0v) is 30.2. The molecular weight excluding hydrogens is 546 g/mol. The molecule has 3 aliphatic carbocycles. The van der Waals surface area contributed by atoms with Gasteiger partial charge in [0, 0.05) is 32.7 Å². The number of allylic oxidation sites excluding steroid dienone is 5. The van der Waals surface area contributed by atoms with E-state index in [1.165, 1.54) is 68.9 Å². The molecule has 0 saturated heterocycles. The van der Waals surface area contributed by atoms with Crippen molar-refractivity contribution >= 4 is 13.4 Å². The fraction of sp³-hybridized carbons (Fsp3) is 0.722. The van der Waals surface area contributed by atoms with Crippen molar-refractivity contribution < 1.29 is 4.74 Å². The summed E-state index contributed by atoms with van der Waals surface area (Å²) in [7, 11) is 3.73. The molecule has 4 atom stereocenters. The van der Waals surface area contributed by atoms with Gasteiger partial charge in [0.1, 0.15) is 0 Å². The van der Waals surface area contributed by atoms with E-state index in [0.29, 0.717) is 30.0 Å². The van der Waals surface area contributed by atoms with E-state index in [-0.39, 0.29) is 0 Å². The van der Waals surface area contributed by atoms with Gasteiger partial charge in [0.15, 0.2) is 0 Å². The van der Waals surface area contributed by atoms with Gasteiger partial charge in [-0.3, -0.25) is 5.43 Å². The van der Waals surface area contributed by atoms with Crippen molar-refractivity contribution in [3.05, 3.63) is 48.6 Å². The van der Waals surface area contributed by atoms with Gasteiger partial charge in [0.05, 0.1) is 12.8 Å². The van der Waals surface area contributed by atoms with Crippen molar-refractivity contribution in [2.75, 3.05) is 40.5 Å². The predicted octanol–water partition coefficient (Wildman–Crippen LogP) is 7.40. The molecule has 1 fully saturated rings. The first kappa shape index (κ1) is 49.0. The van der Waals surface area contributed by atoms with E-state index in [0.717, 1.165) is 25.6 Å². The van der Waals surface area contributed by atoms with Gasteiger partial charge in [-0.25, -0.2) is 5.43 Å². The maximum absolute atomic E-state index is 5.56. The minimum absolute atomic E-state index is 0.347. The summed E-state index contributed by atoms with van der Waals surface area (Å²) in [5.41, 5.74) is 19.6. The van der Waals surface area contributed by atoms with Gasteiger partial charge >= 0.3 is 0 Å². The van der Waals surface area contributed by atoms with Crippen molar-refractivity contribution in [1.29, 1.82) is 10.8 Å². The SMILES string of the molecule is C=C1CCCC(CNNCN)C1.C=CC(C)(C)CC.C=N.C=N.CCC.CNCCN.COC1CC(C)C=C2C=CCCC21. The Bertz CT molecular complexity index is 705. The van der Waals surface area contributed by atoms with Crippen molar-refractivity contribution in [2.24, 2.45) is 34.6 Å². The lowest BCUT2D eigenvalue weighted by Crippen LogP contribution is -2.39. The topological polar surface area (TPSA) is 145 Å². The van der Waals surface area contributed by atoms with Crippen LogP contribution in [0.1, 0.15) is 99.3 Å². The molecule has 1 saturated carbocycles. The molecule has 260 valence electrons. The fourth-order valence-corrected chi connectivity index (χ4v) is 4.56. The molecule has 0 aliphatic heterocycles. The third-order valence-electron chi connectivity index (χ3n) is 7.41. The van der Waals surface area contributed by atoms with Crippen LogP contribution in [-0.4, -0.2) is 60.0 Å². The van der Waals surface area contributed by atoms with Crippen LogP contribution < -0.4 is 27.6 Å². The summed E-state index contributed by atoms with van der Waals surface area (Å²) in [5.74, 6) is 2.11. The highest BCUT2D eigenvalue weighted by Gasteiger charge is 2.30. The number of nitrogens with one attached hydrogen (secondary N) is 5. The molecule has 3 rings (SSSR count). The smallest absolute Gasteiger partial charge is 0.0645 e. The second-order valence-corrected chi connectivity index (χ2v) is 11.9. The van der Waals surface area contributed by atoms with Crippen LogP contribution in [0.4, 0.5) is 0 Å². The zero-order valence-electron chi connectivity index (χ0n) is 30.2. The summed E-state index contributed by atoms with van der Waals surface area (Å²) in [6.07, 6.45) is 20.6. The molecule has 0 amide bonds. The highest BCUT2D eigenvalue weighted by Crippen LogP contribution is 2.36. The first-order chi connectivity index (χ1) is 21.1. The van der Waals surface area contributed by atoms with E-state index in [4.69, 9.17) is 27.0 Å². The van der Waals surface area contributed by atoms with E-state index in [1.54, 1.807) is 0 Å². The molecule has 3 aliphatic rings. The molecule has 44 heavy (non-hydrogen) atoms. The normalized spacial score (nSPS) is 21.3. The van der Waals surface area contributed by atoms with Crippen LogP contribution >= 0.6 is 0 Å². The molecule has 0 aromatic carbocycles. The molecule has 8 nitrogen and oxygen atoms in total. The van der Waals surface area contributed by atoms with Crippen molar-refractivity contribution in [1.82, 2.24) is 16.2 Å². The number of ether oxygens (including phenoxy) is 1. The first-order valence-corrected chi connectivity index (χ1v) is 16.5. The highest BCUT2D eigenvalue weighted by molar-refractivity contribution is 5.28. The van der Waals surface area contributed by atoms with Crippen LogP contribution in [0, 0.1) is 34.0 Å². The number of hydrogen-bond acceptors (Lipinski definition) is 8. The number of hydrazine groups is 1. The lowest BCUT2D eigenvalue weighted by atomic mass is 9.76. The Hall–Kier alpha value is -1.94. The third kappa shape index (κ3) is 28.8. The molecule has 9 N–H and O–H groups in total. The zero-order chi connectivity index (χ0) is 34.8. The summed E-state index contributed by atoms with van der Waals surface area (Å²) >= 11 is 0. The van der Waals surface area contributed by atoms with Crippen molar-refractivity contribution in [3.63, 3.8) is 0 Å². The Morgan fingerprint density at radius 2 is 1.70 bits per heavy atom. The van der Waals surface area contributed by atoms with Crippen LogP contribution in [0.5, 0.6) is 0 Å². The summed E-state index contributed by atoms with van der Waals surface area (Å²) in [4.78, 5) is 0. The number of nitrogens with two attached hydrogens (primary N) is 2. The van der Waals surface area contributed by atoms with E-state index >= 15 is 0 Å². The third-order valence-corrected chi connectivity index (χ3v) is 7.41. The molecule has 4 unspecified atom stereocenters. The monoisotopic (exact) mass is 622 g/mol. The molecule has 0 aromatic rings. The Morgan fingerprint density at radius 1 is 1.09 bits per heavy atom. The average molecular weight is 622 g/mol. The average Bonchev–Trinajstić information content (AvgIpc) is 3.04. The van der Waals surface area contributed by atoms with Crippen molar-refractivity contribution in [3.8, 4) is 0 Å². The van der Waals surface area contributed by atoms with Gasteiger partial charge in [-0.15, -0.1) is 6.58 Å². The largest absolute Gasteiger partial charge is 0.381 e. The molecule has 0 radical (unpaired) electrons. The van der Waals surface area contributed by atoms with Crippen LogP contribution in [0.25, 0.3) is 0 Å². The summed E-state index contributed by atoms with van der Waals surface area (Å²) in [6, 6.07) is 0. The van der Waals surface area contributed by atoms with Gasteiger partial charge in [-0.05, 0) is 94.7 Å². The van der Waals surface area contributed by atoms with E-state index in [1.807, 2.05) is 20.2 Å². The van der Waals surface area contributed by atoms with E-state index < -0.39 is 0 Å². The standard InChI is InChI=1S/C12H18O.C9H19N3.C7H14.C3H10N2.C3H8.2CH3N/c1-9-7-10-5-3-4-6-11(10)12(8-9)13-2;1-8-3-2-4-9(5-8)6-11-12-7-10;1-5-7(3,4)6-2;1-5-3-2-4;1-3-2;2*1-2/h3,5,7,9,11-12H,4,6,8H2,1-2H3;9,11-12H,1-7,10H2;5H,1,6H2,2-4H3;5H,2-4H2,1H3;3H2,1-2H3;2*2H,1H2. The second kappa shape index (κ2) is 35.5. The van der Waals surface area contributed by atoms with E-state index in [9.17, 15) is 0 Å². The van der Waals surface area contributed by atoms with Crippen molar-refractivity contribution in [2.45, 2.75) is 105 Å². The van der Waals surface area contributed by atoms with Gasteiger partial charge in [-0.1, -0.05) is 84.4 Å². The Labute approximate surface area is 274 Å². The molecular formula is C36H75N7O. The molecule has 0 aromatic heterocycles. The highest BCUT2D eigenvalue weighted by atomic mass is 16.5. The maximum Gasteiger partial charge on any atom is 0.0645 e. The number of methoxy groups -OCH3 is 1. The lowest BCUT2D eigenvalue weighted by molar-refractivity contribution is 0.0419. The predicted molar refractivity (Wildman–Crippen MR) is 199 cm³/mol. The second-order valence-electron chi connectivity index (χ2n) is 11.9. The van der Waals surface area contributed by atoms with Crippen LogP contribution in [0.2, 0.25) is 0 Å².